The van der Waals surface area contributed by atoms with Crippen LogP contribution in [0.3, 0.4) is 0 Å². The number of piperidine rings is 1. The van der Waals surface area contributed by atoms with Crippen molar-refractivity contribution in [3.63, 3.8) is 0 Å². The second-order valence-electron chi connectivity index (χ2n) is 8.54. The lowest BCUT2D eigenvalue weighted by Crippen LogP contribution is -2.44. The van der Waals surface area contributed by atoms with Gasteiger partial charge < -0.3 is 10.0 Å². The third kappa shape index (κ3) is 4.21. The van der Waals surface area contributed by atoms with Crippen LogP contribution in [-0.4, -0.2) is 34.7 Å². The molecule has 168 valence electrons. The second-order valence-corrected chi connectivity index (χ2v) is 8.98. The number of hydrazone groups is 1. The minimum Gasteiger partial charge on any atom is -0.507 e. The molecule has 2 aliphatic rings. The molecule has 0 aliphatic carbocycles. The lowest BCUT2D eigenvalue weighted by atomic mass is 9.85. The maximum Gasteiger partial charge on any atom is 0.234 e. The summed E-state index contributed by atoms with van der Waals surface area (Å²) in [5.74, 6) is -0.384. The molecule has 2 heterocycles. The molecule has 0 aromatic heterocycles. The van der Waals surface area contributed by atoms with Crippen LogP contribution in [0.2, 0.25) is 5.02 Å². The van der Waals surface area contributed by atoms with Crippen molar-refractivity contribution in [1.29, 1.82) is 0 Å². The van der Waals surface area contributed by atoms with E-state index in [1.165, 1.54) is 0 Å². The van der Waals surface area contributed by atoms with Gasteiger partial charge in [0.25, 0.3) is 0 Å². The molecule has 3 aromatic carbocycles. The standard InChI is InChI=1S/C27H26ClN3O2/c28-20-15-13-19(14-16-20)26-24(27(33)30-17-7-2-8-18-30)25(22-11-5-6-12-23(22)32)29-31(26)21-9-3-1-4-10-21/h1,3-6,9-16,24,26,32H,2,7-8,17-18H2. The summed E-state index contributed by atoms with van der Waals surface area (Å²) >= 11 is 6.19. The SMILES string of the molecule is O=C(C1C(c2ccccc2O)=NN(c2ccccc2)C1c1ccc(Cl)cc1)N1CCCCC1. The van der Waals surface area contributed by atoms with Crippen LogP contribution >= 0.6 is 11.6 Å². The van der Waals surface area contributed by atoms with Crippen molar-refractivity contribution >= 4 is 28.9 Å². The van der Waals surface area contributed by atoms with E-state index >= 15 is 0 Å². The Bertz CT molecular complexity index is 1160. The van der Waals surface area contributed by atoms with Gasteiger partial charge in [-0.3, -0.25) is 9.80 Å². The molecule has 5 nitrogen and oxygen atoms in total. The van der Waals surface area contributed by atoms with E-state index in [1.807, 2.05) is 76.6 Å². The topological polar surface area (TPSA) is 56.1 Å². The van der Waals surface area contributed by atoms with Crippen LogP contribution in [0.5, 0.6) is 5.75 Å². The number of hydrogen-bond acceptors (Lipinski definition) is 4. The average Bonchev–Trinajstić information content (AvgIpc) is 3.26. The fourth-order valence-electron chi connectivity index (χ4n) is 4.80. The number of likely N-dealkylation sites (tertiary alicyclic amines) is 1. The van der Waals surface area contributed by atoms with E-state index in [0.717, 1.165) is 43.6 Å². The number of benzene rings is 3. The summed E-state index contributed by atoms with van der Waals surface area (Å²) in [7, 11) is 0. The summed E-state index contributed by atoms with van der Waals surface area (Å²) in [6.45, 7) is 1.50. The molecule has 0 saturated carbocycles. The molecule has 0 spiro atoms. The molecule has 6 heteroatoms. The molecule has 33 heavy (non-hydrogen) atoms. The normalized spacial score (nSPS) is 20.6. The number of hydrogen-bond donors (Lipinski definition) is 1. The number of carbonyl (C=O) groups is 1. The molecule has 2 atom stereocenters. The molecule has 0 bridgehead atoms. The number of para-hydroxylation sites is 2. The van der Waals surface area contributed by atoms with Crippen molar-refractivity contribution in [3.05, 3.63) is 95.0 Å². The predicted molar refractivity (Wildman–Crippen MR) is 132 cm³/mol. The van der Waals surface area contributed by atoms with Crippen LogP contribution in [0.25, 0.3) is 0 Å². The zero-order chi connectivity index (χ0) is 22.8. The fourth-order valence-corrected chi connectivity index (χ4v) is 4.92. The summed E-state index contributed by atoms with van der Waals surface area (Å²) in [6, 6.07) is 24.2. The maximum absolute atomic E-state index is 14.0. The third-order valence-corrected chi connectivity index (χ3v) is 6.69. The van der Waals surface area contributed by atoms with E-state index < -0.39 is 5.92 Å². The second kappa shape index (κ2) is 9.28. The van der Waals surface area contributed by atoms with Crippen LogP contribution < -0.4 is 5.01 Å². The van der Waals surface area contributed by atoms with Crippen LogP contribution in [0.15, 0.2) is 84.0 Å². The minimum atomic E-state index is -0.558. The number of phenolic OH excluding ortho intramolecular Hbond substituents is 1. The lowest BCUT2D eigenvalue weighted by molar-refractivity contribution is -0.134. The Morgan fingerprint density at radius 1 is 0.879 bits per heavy atom. The Morgan fingerprint density at radius 3 is 2.24 bits per heavy atom. The van der Waals surface area contributed by atoms with Crippen molar-refractivity contribution < 1.29 is 9.90 Å². The summed E-state index contributed by atoms with van der Waals surface area (Å²) in [5, 5.41) is 18.2. The molecule has 3 aromatic rings. The zero-order valence-electron chi connectivity index (χ0n) is 18.3. The van der Waals surface area contributed by atoms with Gasteiger partial charge in [-0.15, -0.1) is 0 Å². The molecule has 2 unspecified atom stereocenters. The van der Waals surface area contributed by atoms with Gasteiger partial charge in [-0.25, -0.2) is 0 Å². The Hall–Kier alpha value is -3.31. The lowest BCUT2D eigenvalue weighted by Gasteiger charge is -2.33. The van der Waals surface area contributed by atoms with Gasteiger partial charge in [-0.05, 0) is 61.2 Å². The first-order chi connectivity index (χ1) is 16.1. The largest absolute Gasteiger partial charge is 0.507 e. The first kappa shape index (κ1) is 21.5. The first-order valence-corrected chi connectivity index (χ1v) is 11.8. The van der Waals surface area contributed by atoms with Crippen molar-refractivity contribution in [2.45, 2.75) is 25.3 Å². The van der Waals surface area contributed by atoms with Gasteiger partial charge in [0, 0.05) is 23.7 Å². The van der Waals surface area contributed by atoms with Gasteiger partial charge >= 0.3 is 0 Å². The van der Waals surface area contributed by atoms with Gasteiger partial charge in [0.05, 0.1) is 17.4 Å². The smallest absolute Gasteiger partial charge is 0.234 e. The number of halogens is 1. The van der Waals surface area contributed by atoms with Crippen molar-refractivity contribution in [2.24, 2.45) is 11.0 Å². The monoisotopic (exact) mass is 459 g/mol. The molecule has 5 rings (SSSR count). The minimum absolute atomic E-state index is 0.0510. The van der Waals surface area contributed by atoms with Gasteiger partial charge in [0.2, 0.25) is 5.91 Å². The zero-order valence-corrected chi connectivity index (χ0v) is 19.0. The molecular weight excluding hydrogens is 434 g/mol. The molecule has 1 saturated heterocycles. The van der Waals surface area contributed by atoms with E-state index in [4.69, 9.17) is 16.7 Å². The highest BCUT2D eigenvalue weighted by molar-refractivity contribution is 6.30. The molecule has 1 N–H and O–H groups in total. The molecular formula is C27H26ClN3O2. The van der Waals surface area contributed by atoms with Crippen molar-refractivity contribution in [2.75, 3.05) is 18.1 Å². The van der Waals surface area contributed by atoms with Crippen molar-refractivity contribution in [3.8, 4) is 5.75 Å². The fraction of sp³-hybridized carbons (Fsp3) is 0.259. The summed E-state index contributed by atoms with van der Waals surface area (Å²) in [6.07, 6.45) is 3.16. The van der Waals surface area contributed by atoms with E-state index in [0.29, 0.717) is 16.3 Å². The Balaban J connectivity index is 1.67. The number of phenols is 1. The van der Waals surface area contributed by atoms with E-state index in [2.05, 4.69) is 0 Å². The number of anilines is 1. The highest BCUT2D eigenvalue weighted by Crippen LogP contribution is 2.43. The maximum atomic E-state index is 14.0. The van der Waals surface area contributed by atoms with Gasteiger partial charge in [0.15, 0.2) is 0 Å². The Morgan fingerprint density at radius 2 is 1.55 bits per heavy atom. The predicted octanol–water partition coefficient (Wildman–Crippen LogP) is 5.64. The Kier molecular flexibility index (Phi) is 6.05. The van der Waals surface area contributed by atoms with Crippen molar-refractivity contribution in [1.82, 2.24) is 4.90 Å². The number of rotatable bonds is 4. The number of nitrogens with zero attached hydrogens (tertiary/aromatic N) is 3. The van der Waals surface area contributed by atoms with Crippen LogP contribution in [0.1, 0.15) is 36.4 Å². The third-order valence-electron chi connectivity index (χ3n) is 6.44. The van der Waals surface area contributed by atoms with Gasteiger partial charge in [-0.1, -0.05) is 54.1 Å². The van der Waals surface area contributed by atoms with Gasteiger partial charge in [-0.2, -0.15) is 5.10 Å². The van der Waals surface area contributed by atoms with Crippen LogP contribution in [-0.2, 0) is 4.79 Å². The highest BCUT2D eigenvalue weighted by atomic mass is 35.5. The number of amides is 1. The molecule has 1 fully saturated rings. The average molecular weight is 460 g/mol. The summed E-state index contributed by atoms with van der Waals surface area (Å²) in [5.41, 5.74) is 3.02. The molecule has 1 amide bonds. The van der Waals surface area contributed by atoms with E-state index in [-0.39, 0.29) is 17.7 Å². The van der Waals surface area contributed by atoms with Crippen LogP contribution in [0, 0.1) is 5.92 Å². The van der Waals surface area contributed by atoms with E-state index in [1.54, 1.807) is 12.1 Å². The summed E-state index contributed by atoms with van der Waals surface area (Å²) < 4.78 is 0. The number of aromatic hydroxyl groups is 1. The molecule has 2 aliphatic heterocycles. The van der Waals surface area contributed by atoms with Crippen LogP contribution in [0.4, 0.5) is 5.69 Å². The first-order valence-electron chi connectivity index (χ1n) is 11.4. The number of carbonyl (C=O) groups excluding carboxylic acids is 1. The molecule has 0 radical (unpaired) electrons. The summed E-state index contributed by atoms with van der Waals surface area (Å²) in [4.78, 5) is 16.0. The Labute approximate surface area is 198 Å². The quantitative estimate of drug-likeness (QED) is 0.549. The highest BCUT2D eigenvalue weighted by Gasteiger charge is 2.46. The van der Waals surface area contributed by atoms with E-state index in [9.17, 15) is 9.90 Å². The van der Waals surface area contributed by atoms with Gasteiger partial charge in [0.1, 0.15) is 11.7 Å².